The van der Waals surface area contributed by atoms with Crippen LogP contribution in [0, 0.1) is 0 Å². The van der Waals surface area contributed by atoms with Crippen LogP contribution in [0.1, 0.15) is 5.56 Å². The highest BCUT2D eigenvalue weighted by atomic mass is 32.2. The second-order valence-corrected chi connectivity index (χ2v) is 8.21. The fourth-order valence-corrected chi connectivity index (χ4v) is 3.30. The third kappa shape index (κ3) is 5.78. The monoisotopic (exact) mass is 393 g/mol. The van der Waals surface area contributed by atoms with Gasteiger partial charge in [0.05, 0.1) is 32.1 Å². The van der Waals surface area contributed by atoms with Crippen LogP contribution in [0.3, 0.4) is 0 Å². The number of nitrogens with one attached hydrogen (secondary N) is 2. The van der Waals surface area contributed by atoms with E-state index >= 15 is 0 Å². The molecule has 10 heteroatoms. The molecule has 2 heterocycles. The minimum atomic E-state index is -3.33. The van der Waals surface area contributed by atoms with Crippen molar-refractivity contribution in [3.05, 3.63) is 48.3 Å². The standard InChI is InChI=1S/C17H23N5O4S/c1-27(24,25)19-11-16-13-26-10-9-22(16)17(23)20-15-5-3-14(4-6-15)12-21-8-2-7-18-21/h2-8,16,19H,9-13H2,1H3,(H,20,23). The Morgan fingerprint density at radius 3 is 2.78 bits per heavy atom. The second-order valence-electron chi connectivity index (χ2n) is 6.37. The van der Waals surface area contributed by atoms with Crippen LogP contribution >= 0.6 is 0 Å². The van der Waals surface area contributed by atoms with E-state index in [2.05, 4.69) is 15.1 Å². The van der Waals surface area contributed by atoms with E-state index in [1.54, 1.807) is 11.1 Å². The molecule has 27 heavy (non-hydrogen) atoms. The number of benzene rings is 1. The van der Waals surface area contributed by atoms with Gasteiger partial charge in [-0.15, -0.1) is 0 Å². The number of nitrogens with zero attached hydrogens (tertiary/aromatic N) is 3. The Bertz CT molecular complexity index is 852. The lowest BCUT2D eigenvalue weighted by Gasteiger charge is -2.35. The first-order chi connectivity index (χ1) is 12.9. The number of ether oxygens (including phenoxy) is 1. The Morgan fingerprint density at radius 1 is 1.33 bits per heavy atom. The van der Waals surface area contributed by atoms with Gasteiger partial charge in [-0.1, -0.05) is 12.1 Å². The molecule has 1 unspecified atom stereocenters. The summed E-state index contributed by atoms with van der Waals surface area (Å²) in [6, 6.07) is 8.76. The molecule has 9 nitrogen and oxygen atoms in total. The molecule has 0 saturated carbocycles. The Hall–Kier alpha value is -2.43. The summed E-state index contributed by atoms with van der Waals surface area (Å²) in [5, 5.41) is 7.02. The van der Waals surface area contributed by atoms with Gasteiger partial charge in [0.2, 0.25) is 10.0 Å². The van der Waals surface area contributed by atoms with Gasteiger partial charge in [0.25, 0.3) is 0 Å². The molecule has 1 fully saturated rings. The molecule has 3 rings (SSSR count). The molecule has 2 aromatic rings. The molecule has 0 bridgehead atoms. The lowest BCUT2D eigenvalue weighted by atomic mass is 10.2. The molecule has 146 valence electrons. The van der Waals surface area contributed by atoms with Crippen molar-refractivity contribution in [2.24, 2.45) is 0 Å². The van der Waals surface area contributed by atoms with Gasteiger partial charge in [-0.05, 0) is 23.8 Å². The van der Waals surface area contributed by atoms with E-state index in [4.69, 9.17) is 4.74 Å². The van der Waals surface area contributed by atoms with E-state index in [9.17, 15) is 13.2 Å². The highest BCUT2D eigenvalue weighted by molar-refractivity contribution is 7.88. The first kappa shape index (κ1) is 19.3. The first-order valence-electron chi connectivity index (χ1n) is 8.57. The van der Waals surface area contributed by atoms with Crippen LogP contribution in [0.4, 0.5) is 10.5 Å². The van der Waals surface area contributed by atoms with Crippen LogP contribution in [-0.4, -0.2) is 67.7 Å². The molecule has 2 amide bonds. The number of sulfonamides is 1. The molecule has 1 saturated heterocycles. The number of morpholine rings is 1. The molecular formula is C17H23N5O4S. The van der Waals surface area contributed by atoms with Gasteiger partial charge in [0.1, 0.15) is 0 Å². The van der Waals surface area contributed by atoms with E-state index in [-0.39, 0.29) is 18.6 Å². The van der Waals surface area contributed by atoms with Crippen LogP contribution < -0.4 is 10.0 Å². The molecule has 0 aliphatic carbocycles. The van der Waals surface area contributed by atoms with E-state index in [1.807, 2.05) is 41.2 Å². The minimum Gasteiger partial charge on any atom is -0.377 e. The van der Waals surface area contributed by atoms with Gasteiger partial charge in [0, 0.05) is 31.2 Å². The third-order valence-electron chi connectivity index (χ3n) is 4.18. The van der Waals surface area contributed by atoms with Gasteiger partial charge < -0.3 is 15.0 Å². The average Bonchev–Trinajstić information content (AvgIpc) is 3.14. The van der Waals surface area contributed by atoms with Gasteiger partial charge in [-0.2, -0.15) is 5.10 Å². The van der Waals surface area contributed by atoms with Crippen molar-refractivity contribution in [2.45, 2.75) is 12.6 Å². The molecule has 1 aromatic carbocycles. The van der Waals surface area contributed by atoms with Crippen molar-refractivity contribution >= 4 is 21.7 Å². The number of aromatic nitrogens is 2. The fourth-order valence-electron chi connectivity index (χ4n) is 2.81. The summed E-state index contributed by atoms with van der Waals surface area (Å²) in [7, 11) is -3.33. The summed E-state index contributed by atoms with van der Waals surface area (Å²) in [5.74, 6) is 0. The first-order valence-corrected chi connectivity index (χ1v) is 10.5. The average molecular weight is 393 g/mol. The lowest BCUT2D eigenvalue weighted by molar-refractivity contribution is 0.0176. The zero-order chi connectivity index (χ0) is 19.3. The minimum absolute atomic E-state index is 0.120. The SMILES string of the molecule is CS(=O)(=O)NCC1COCCN1C(=O)Nc1ccc(Cn2cccn2)cc1. The van der Waals surface area contributed by atoms with Crippen molar-refractivity contribution in [3.8, 4) is 0 Å². The maximum Gasteiger partial charge on any atom is 0.322 e. The largest absolute Gasteiger partial charge is 0.377 e. The quantitative estimate of drug-likeness (QED) is 0.752. The van der Waals surface area contributed by atoms with Gasteiger partial charge >= 0.3 is 6.03 Å². The number of hydrogen-bond donors (Lipinski definition) is 2. The summed E-state index contributed by atoms with van der Waals surface area (Å²) < 4.78 is 32.2. The Morgan fingerprint density at radius 2 is 2.11 bits per heavy atom. The predicted octanol–water partition coefficient (Wildman–Crippen LogP) is 0.713. The number of anilines is 1. The van der Waals surface area contributed by atoms with Crippen molar-refractivity contribution in [2.75, 3.05) is 37.9 Å². The van der Waals surface area contributed by atoms with Crippen LogP contribution in [-0.2, 0) is 21.3 Å². The van der Waals surface area contributed by atoms with Crippen LogP contribution in [0.2, 0.25) is 0 Å². The molecule has 1 atom stereocenters. The number of hydrogen-bond acceptors (Lipinski definition) is 5. The summed E-state index contributed by atoms with van der Waals surface area (Å²) in [5.41, 5.74) is 1.74. The number of urea groups is 1. The molecule has 1 aliphatic rings. The van der Waals surface area contributed by atoms with Crippen molar-refractivity contribution in [3.63, 3.8) is 0 Å². The number of amides is 2. The molecule has 1 aromatic heterocycles. The highest BCUT2D eigenvalue weighted by Crippen LogP contribution is 2.14. The third-order valence-corrected chi connectivity index (χ3v) is 4.87. The smallest absolute Gasteiger partial charge is 0.322 e. The van der Waals surface area contributed by atoms with Crippen LogP contribution in [0.25, 0.3) is 0 Å². The Balaban J connectivity index is 1.59. The lowest BCUT2D eigenvalue weighted by Crippen LogP contribution is -2.54. The zero-order valence-electron chi connectivity index (χ0n) is 15.0. The molecule has 0 radical (unpaired) electrons. The topological polar surface area (TPSA) is 106 Å². The number of carbonyl (C=O) groups excluding carboxylic acids is 1. The fraction of sp³-hybridized carbons (Fsp3) is 0.412. The number of rotatable bonds is 6. The van der Waals surface area contributed by atoms with Gasteiger partial charge in [-0.25, -0.2) is 17.9 Å². The number of carbonyl (C=O) groups is 1. The summed E-state index contributed by atoms with van der Waals surface area (Å²) in [6.07, 6.45) is 4.71. The van der Waals surface area contributed by atoms with E-state index < -0.39 is 10.0 Å². The van der Waals surface area contributed by atoms with Gasteiger partial charge in [0.15, 0.2) is 0 Å². The van der Waals surface area contributed by atoms with Crippen molar-refractivity contribution < 1.29 is 17.9 Å². The van der Waals surface area contributed by atoms with Crippen molar-refractivity contribution in [1.29, 1.82) is 0 Å². The Labute approximate surface area is 158 Å². The maximum absolute atomic E-state index is 12.6. The summed E-state index contributed by atoms with van der Waals surface area (Å²) >= 11 is 0. The highest BCUT2D eigenvalue weighted by Gasteiger charge is 2.28. The predicted molar refractivity (Wildman–Crippen MR) is 101 cm³/mol. The molecule has 0 spiro atoms. The molecular weight excluding hydrogens is 370 g/mol. The van der Waals surface area contributed by atoms with Crippen LogP contribution in [0.5, 0.6) is 0 Å². The second kappa shape index (κ2) is 8.51. The van der Waals surface area contributed by atoms with E-state index in [1.165, 1.54) is 0 Å². The molecule has 1 aliphatic heterocycles. The Kier molecular flexibility index (Phi) is 6.09. The van der Waals surface area contributed by atoms with Crippen molar-refractivity contribution in [1.82, 2.24) is 19.4 Å². The molecule has 2 N–H and O–H groups in total. The zero-order valence-corrected chi connectivity index (χ0v) is 15.9. The normalized spacial score (nSPS) is 17.7. The van der Waals surface area contributed by atoms with Crippen LogP contribution in [0.15, 0.2) is 42.7 Å². The summed E-state index contributed by atoms with van der Waals surface area (Å²) in [6.45, 7) is 1.89. The van der Waals surface area contributed by atoms with E-state index in [0.717, 1.165) is 11.8 Å². The summed E-state index contributed by atoms with van der Waals surface area (Å²) in [4.78, 5) is 14.2. The van der Waals surface area contributed by atoms with Gasteiger partial charge in [-0.3, -0.25) is 4.68 Å². The maximum atomic E-state index is 12.6. The van der Waals surface area contributed by atoms with E-state index in [0.29, 0.717) is 32.0 Å².